The second kappa shape index (κ2) is 19.0. The minimum Gasteiger partial charge on any atom is -0.480 e. The Kier molecular flexibility index (Phi) is 20.6. The van der Waals surface area contributed by atoms with Crippen molar-refractivity contribution in [1.82, 2.24) is 4.90 Å². The lowest BCUT2D eigenvalue weighted by Crippen LogP contribution is -2.31. The van der Waals surface area contributed by atoms with Crippen LogP contribution in [0.4, 0.5) is 0 Å². The number of amides is 1. The highest BCUT2D eigenvalue weighted by atomic mass is 24.3. The van der Waals surface area contributed by atoms with Crippen molar-refractivity contribution in [1.29, 1.82) is 0 Å². The fourth-order valence-electron chi connectivity index (χ4n) is 2.78. The molecule has 0 aromatic carbocycles. The third kappa shape index (κ3) is 18.1. The number of rotatable bonds is 16. The maximum atomic E-state index is 11.6. The van der Waals surface area contributed by atoms with Crippen LogP contribution in [0.15, 0.2) is 0 Å². The average Bonchev–Trinajstić information content (AvgIpc) is 2.51. The number of carboxylic acid groups (broad SMARTS) is 1. The molecule has 0 bridgehead atoms. The van der Waals surface area contributed by atoms with Gasteiger partial charge in [-0.1, -0.05) is 84.0 Å². The lowest BCUT2D eigenvalue weighted by molar-refractivity contribution is -0.143. The van der Waals surface area contributed by atoms with Gasteiger partial charge in [0.2, 0.25) is 5.91 Å². The molecule has 4 nitrogen and oxygen atoms in total. The van der Waals surface area contributed by atoms with Gasteiger partial charge < -0.3 is 10.0 Å². The van der Waals surface area contributed by atoms with Crippen molar-refractivity contribution in [2.45, 2.75) is 96.8 Å². The molecule has 0 spiro atoms. The van der Waals surface area contributed by atoms with E-state index in [1.165, 1.54) is 75.5 Å². The number of unbranched alkanes of at least 4 members (excludes halogenated alkanes) is 12. The smallest absolute Gasteiger partial charge is 0.323 e. The summed E-state index contributed by atoms with van der Waals surface area (Å²) < 4.78 is 0. The molecule has 140 valence electrons. The number of hydrogen-bond donors (Lipinski definition) is 1. The van der Waals surface area contributed by atoms with Gasteiger partial charge in [-0.25, -0.2) is 0 Å². The molecule has 24 heavy (non-hydrogen) atoms. The molecule has 0 atom stereocenters. The van der Waals surface area contributed by atoms with Crippen LogP contribution in [0.5, 0.6) is 0 Å². The zero-order valence-electron chi connectivity index (χ0n) is 15.3. The Hall–Kier alpha value is -0.294. The molecule has 0 fully saturated rings. The molecule has 0 aliphatic carbocycles. The normalized spacial score (nSPS) is 10.2. The second-order valence-electron chi connectivity index (χ2n) is 6.64. The molecule has 0 aliphatic heterocycles. The number of carboxylic acids is 1. The average molecular weight is 354 g/mol. The van der Waals surface area contributed by atoms with Crippen LogP contribution < -0.4 is 0 Å². The predicted octanol–water partition coefficient (Wildman–Crippen LogP) is 4.09. The highest BCUT2D eigenvalue weighted by Gasteiger charge is 2.10. The van der Waals surface area contributed by atoms with Crippen LogP contribution in [-0.4, -0.2) is 58.5 Å². The molecule has 0 aliphatic rings. The fourth-order valence-corrected chi connectivity index (χ4v) is 2.78. The zero-order chi connectivity index (χ0) is 17.3. The van der Waals surface area contributed by atoms with Crippen molar-refractivity contribution in [2.24, 2.45) is 0 Å². The van der Waals surface area contributed by atoms with Crippen molar-refractivity contribution >= 4 is 34.9 Å². The fraction of sp³-hybridized carbons (Fsp3) is 0.895. The van der Waals surface area contributed by atoms with E-state index in [-0.39, 0.29) is 35.5 Å². The van der Waals surface area contributed by atoms with Crippen molar-refractivity contribution in [3.05, 3.63) is 0 Å². The second-order valence-corrected chi connectivity index (χ2v) is 6.64. The van der Waals surface area contributed by atoms with Crippen LogP contribution in [0.3, 0.4) is 0 Å². The number of carbonyl (C=O) groups excluding carboxylic acids is 1. The topological polar surface area (TPSA) is 57.6 Å². The van der Waals surface area contributed by atoms with Crippen molar-refractivity contribution < 1.29 is 14.7 Å². The molecule has 0 radical (unpaired) electrons. The summed E-state index contributed by atoms with van der Waals surface area (Å²) in [6.07, 6.45) is 17.2. The molecule has 1 amide bonds. The Morgan fingerprint density at radius 1 is 0.750 bits per heavy atom. The van der Waals surface area contributed by atoms with Gasteiger partial charge in [0, 0.05) is 13.5 Å². The van der Waals surface area contributed by atoms with Gasteiger partial charge in [-0.2, -0.15) is 0 Å². The van der Waals surface area contributed by atoms with E-state index in [0.29, 0.717) is 6.42 Å². The molecule has 0 unspecified atom stereocenters. The number of aliphatic carboxylic acids is 1. The SMILES string of the molecule is CCCCCCCCCCCCCCCC(=O)N(C)CC(=O)O.[MgH2]. The van der Waals surface area contributed by atoms with E-state index in [0.717, 1.165) is 12.8 Å². The summed E-state index contributed by atoms with van der Waals surface area (Å²) in [6.45, 7) is 2.06. The first-order chi connectivity index (χ1) is 11.1. The van der Waals surface area contributed by atoms with Crippen LogP contribution in [-0.2, 0) is 9.59 Å². The molecule has 0 saturated carbocycles. The summed E-state index contributed by atoms with van der Waals surface area (Å²) in [5.41, 5.74) is 0. The van der Waals surface area contributed by atoms with E-state index in [1.54, 1.807) is 7.05 Å². The third-order valence-electron chi connectivity index (χ3n) is 4.29. The molecule has 0 aromatic rings. The van der Waals surface area contributed by atoms with E-state index >= 15 is 0 Å². The summed E-state index contributed by atoms with van der Waals surface area (Å²) in [5, 5.41) is 8.62. The highest BCUT2D eigenvalue weighted by Crippen LogP contribution is 2.13. The van der Waals surface area contributed by atoms with Gasteiger partial charge in [0.1, 0.15) is 6.54 Å². The monoisotopic (exact) mass is 353 g/mol. The lowest BCUT2D eigenvalue weighted by Gasteiger charge is -2.14. The standard InChI is InChI=1S/C19H37NO3.Mg.2H/c1-3-4-5-6-7-8-9-10-11-12-13-14-15-16-18(21)20(2)17-19(22)23;;;/h3-17H2,1-2H3,(H,22,23);;;. The quantitative estimate of drug-likeness (QED) is 0.336. The van der Waals surface area contributed by atoms with Gasteiger partial charge in [-0.05, 0) is 6.42 Å². The van der Waals surface area contributed by atoms with Gasteiger partial charge in [0.25, 0.3) is 0 Å². The first kappa shape index (κ1) is 25.9. The largest absolute Gasteiger partial charge is 0.480 e. The Balaban J connectivity index is 0. The molecule has 0 aromatic heterocycles. The van der Waals surface area contributed by atoms with Crippen LogP contribution >= 0.6 is 0 Å². The van der Waals surface area contributed by atoms with E-state index in [9.17, 15) is 9.59 Å². The summed E-state index contributed by atoms with van der Waals surface area (Å²) in [4.78, 5) is 23.4. The Labute approximate surface area is 164 Å². The van der Waals surface area contributed by atoms with E-state index in [2.05, 4.69) is 6.92 Å². The Bertz CT molecular complexity index is 311. The molecule has 0 heterocycles. The van der Waals surface area contributed by atoms with E-state index in [1.807, 2.05) is 0 Å². The minimum absolute atomic E-state index is 0. The lowest BCUT2D eigenvalue weighted by atomic mass is 10.0. The summed E-state index contributed by atoms with van der Waals surface area (Å²) in [5.74, 6) is -1.01. The maximum Gasteiger partial charge on any atom is 0.323 e. The molecule has 5 heteroatoms. The van der Waals surface area contributed by atoms with Crippen molar-refractivity contribution in [2.75, 3.05) is 13.6 Å². The van der Waals surface area contributed by atoms with Crippen LogP contribution in [0.1, 0.15) is 96.8 Å². The van der Waals surface area contributed by atoms with Gasteiger partial charge in [-0.3, -0.25) is 9.59 Å². The maximum absolute atomic E-state index is 11.6. The Morgan fingerprint density at radius 3 is 1.50 bits per heavy atom. The van der Waals surface area contributed by atoms with Crippen molar-refractivity contribution in [3.8, 4) is 0 Å². The zero-order valence-corrected chi connectivity index (χ0v) is 15.3. The first-order valence-corrected chi connectivity index (χ1v) is 9.53. The predicted molar refractivity (Wildman–Crippen MR) is 104 cm³/mol. The number of likely N-dealkylation sites (N-methyl/N-ethyl adjacent to an activating group) is 1. The van der Waals surface area contributed by atoms with Gasteiger partial charge in [0.15, 0.2) is 0 Å². The minimum atomic E-state index is -0.953. The van der Waals surface area contributed by atoms with Gasteiger partial charge in [0.05, 0.1) is 0 Å². The first-order valence-electron chi connectivity index (χ1n) is 9.53. The van der Waals surface area contributed by atoms with Crippen LogP contribution in [0, 0.1) is 0 Å². The number of nitrogens with zero attached hydrogens (tertiary/aromatic N) is 1. The van der Waals surface area contributed by atoms with Crippen LogP contribution in [0.2, 0.25) is 0 Å². The molecule has 1 N–H and O–H groups in total. The third-order valence-corrected chi connectivity index (χ3v) is 4.29. The van der Waals surface area contributed by atoms with Gasteiger partial charge in [-0.15, -0.1) is 0 Å². The summed E-state index contributed by atoms with van der Waals surface area (Å²) >= 11 is 0. The molecule has 0 saturated heterocycles. The molecular formula is C19H39MgNO3. The Morgan fingerprint density at radius 2 is 1.12 bits per heavy atom. The van der Waals surface area contributed by atoms with Crippen molar-refractivity contribution in [3.63, 3.8) is 0 Å². The van der Waals surface area contributed by atoms with Crippen LogP contribution in [0.25, 0.3) is 0 Å². The molecule has 0 rings (SSSR count). The highest BCUT2D eigenvalue weighted by molar-refractivity contribution is 5.80. The number of hydrogen-bond acceptors (Lipinski definition) is 2. The summed E-state index contributed by atoms with van der Waals surface area (Å²) in [6, 6.07) is 0. The van der Waals surface area contributed by atoms with E-state index < -0.39 is 5.97 Å². The van der Waals surface area contributed by atoms with E-state index in [4.69, 9.17) is 5.11 Å². The number of carbonyl (C=O) groups is 2. The van der Waals surface area contributed by atoms with Gasteiger partial charge >= 0.3 is 29.0 Å². The summed E-state index contributed by atoms with van der Waals surface area (Å²) in [7, 11) is 1.55. The molecular weight excluding hydrogens is 315 g/mol.